The monoisotopic (exact) mass is 244 g/mol. The summed E-state index contributed by atoms with van der Waals surface area (Å²) in [5.41, 5.74) is 3.66. The fourth-order valence-corrected chi connectivity index (χ4v) is 2.02. The van der Waals surface area contributed by atoms with Crippen LogP contribution < -0.4 is 0 Å². The molecule has 2 aromatic heterocycles. The van der Waals surface area contributed by atoms with Crippen LogP contribution in [0.3, 0.4) is 0 Å². The van der Waals surface area contributed by atoms with Gasteiger partial charge >= 0.3 is 0 Å². The minimum Gasteiger partial charge on any atom is -0.261 e. The molecular weight excluding hydrogens is 236 g/mol. The molecular formula is C12H9ClN4. The average Bonchev–Trinajstić information content (AvgIpc) is 2.76. The molecule has 3 rings (SSSR count). The van der Waals surface area contributed by atoms with Gasteiger partial charge in [-0.25, -0.2) is 4.98 Å². The Labute approximate surface area is 103 Å². The van der Waals surface area contributed by atoms with Gasteiger partial charge in [0.05, 0.1) is 17.3 Å². The smallest absolute Gasteiger partial charge is 0.224 e. The van der Waals surface area contributed by atoms with Gasteiger partial charge in [-0.05, 0) is 24.1 Å². The van der Waals surface area contributed by atoms with Gasteiger partial charge in [0.25, 0.3) is 0 Å². The first-order chi connectivity index (χ1) is 8.25. The summed E-state index contributed by atoms with van der Waals surface area (Å²) in [6, 6.07) is 8.02. The number of nitrogens with zero attached hydrogens (tertiary/aromatic N) is 3. The highest BCUT2D eigenvalue weighted by molar-refractivity contribution is 6.28. The van der Waals surface area contributed by atoms with E-state index >= 15 is 0 Å². The first kappa shape index (κ1) is 10.2. The number of hydrogen-bond acceptors (Lipinski definition) is 3. The number of aromatic nitrogens is 4. The SMILES string of the molecule is Cc1ccccc1-c1nc(Cl)nc2[nH]ncc12. The summed E-state index contributed by atoms with van der Waals surface area (Å²) in [7, 11) is 0. The van der Waals surface area contributed by atoms with Crippen LogP contribution in [0, 0.1) is 6.92 Å². The van der Waals surface area contributed by atoms with Crippen molar-refractivity contribution in [3.63, 3.8) is 0 Å². The third-order valence-electron chi connectivity index (χ3n) is 2.68. The number of nitrogens with one attached hydrogen (secondary N) is 1. The highest BCUT2D eigenvalue weighted by atomic mass is 35.5. The summed E-state index contributed by atoms with van der Waals surface area (Å²) in [4.78, 5) is 8.39. The number of benzene rings is 1. The van der Waals surface area contributed by atoms with Crippen molar-refractivity contribution in [2.75, 3.05) is 0 Å². The molecule has 0 bridgehead atoms. The van der Waals surface area contributed by atoms with Crippen molar-refractivity contribution in [3.05, 3.63) is 41.3 Å². The Morgan fingerprint density at radius 3 is 2.82 bits per heavy atom. The van der Waals surface area contributed by atoms with Gasteiger partial charge in [-0.15, -0.1) is 0 Å². The second-order valence-corrected chi connectivity index (χ2v) is 4.13. The van der Waals surface area contributed by atoms with Crippen LogP contribution in [0.15, 0.2) is 30.5 Å². The third kappa shape index (κ3) is 1.66. The van der Waals surface area contributed by atoms with E-state index in [4.69, 9.17) is 11.6 Å². The van der Waals surface area contributed by atoms with Gasteiger partial charge in [0.15, 0.2) is 5.65 Å². The summed E-state index contributed by atoms with van der Waals surface area (Å²) in [5.74, 6) is 0. The van der Waals surface area contributed by atoms with Gasteiger partial charge in [-0.1, -0.05) is 24.3 Å². The van der Waals surface area contributed by atoms with Crippen molar-refractivity contribution in [3.8, 4) is 11.3 Å². The molecule has 0 fully saturated rings. The van der Waals surface area contributed by atoms with Crippen LogP contribution in [0.1, 0.15) is 5.56 Å². The molecule has 0 unspecified atom stereocenters. The summed E-state index contributed by atoms with van der Waals surface area (Å²) >= 11 is 5.91. The molecule has 0 aliphatic carbocycles. The van der Waals surface area contributed by atoms with Crippen molar-refractivity contribution >= 4 is 22.6 Å². The Bertz CT molecular complexity index is 690. The quantitative estimate of drug-likeness (QED) is 0.670. The zero-order chi connectivity index (χ0) is 11.8. The molecule has 0 amide bonds. The molecule has 0 radical (unpaired) electrons. The lowest BCUT2D eigenvalue weighted by atomic mass is 10.0. The van der Waals surface area contributed by atoms with Gasteiger partial charge in [0, 0.05) is 5.56 Å². The number of halogens is 1. The highest BCUT2D eigenvalue weighted by Gasteiger charge is 2.11. The maximum Gasteiger partial charge on any atom is 0.224 e. The minimum absolute atomic E-state index is 0.222. The molecule has 1 aromatic carbocycles. The van der Waals surface area contributed by atoms with Gasteiger partial charge in [0.1, 0.15) is 0 Å². The van der Waals surface area contributed by atoms with E-state index in [1.807, 2.05) is 31.2 Å². The maximum atomic E-state index is 5.91. The fraction of sp³-hybridized carbons (Fsp3) is 0.0833. The first-order valence-corrected chi connectivity index (χ1v) is 5.56. The van der Waals surface area contributed by atoms with Crippen LogP contribution >= 0.6 is 11.6 Å². The van der Waals surface area contributed by atoms with E-state index in [1.54, 1.807) is 6.20 Å². The van der Waals surface area contributed by atoms with Crippen molar-refractivity contribution in [2.24, 2.45) is 0 Å². The molecule has 0 aliphatic rings. The van der Waals surface area contributed by atoms with E-state index < -0.39 is 0 Å². The number of rotatable bonds is 1. The van der Waals surface area contributed by atoms with Crippen LogP contribution in [0.4, 0.5) is 0 Å². The number of fused-ring (bicyclic) bond motifs is 1. The molecule has 0 saturated heterocycles. The Morgan fingerprint density at radius 2 is 2.00 bits per heavy atom. The largest absolute Gasteiger partial charge is 0.261 e. The predicted molar refractivity (Wildman–Crippen MR) is 66.9 cm³/mol. The molecule has 5 heteroatoms. The number of hydrogen-bond donors (Lipinski definition) is 1. The first-order valence-electron chi connectivity index (χ1n) is 5.18. The Hall–Kier alpha value is -1.94. The number of H-pyrrole nitrogens is 1. The van der Waals surface area contributed by atoms with Crippen molar-refractivity contribution < 1.29 is 0 Å². The lowest BCUT2D eigenvalue weighted by Gasteiger charge is -2.05. The number of aryl methyl sites for hydroxylation is 1. The third-order valence-corrected chi connectivity index (χ3v) is 2.85. The molecule has 0 saturated carbocycles. The Kier molecular flexibility index (Phi) is 2.30. The van der Waals surface area contributed by atoms with Crippen molar-refractivity contribution in [1.82, 2.24) is 20.2 Å². The van der Waals surface area contributed by atoms with Gasteiger partial charge < -0.3 is 0 Å². The molecule has 0 spiro atoms. The molecule has 1 N–H and O–H groups in total. The van der Waals surface area contributed by atoms with E-state index in [9.17, 15) is 0 Å². The normalized spacial score (nSPS) is 10.9. The molecule has 0 aliphatic heterocycles. The van der Waals surface area contributed by atoms with Crippen LogP contribution in [0.2, 0.25) is 5.28 Å². The molecule has 0 atom stereocenters. The zero-order valence-corrected chi connectivity index (χ0v) is 9.86. The zero-order valence-electron chi connectivity index (χ0n) is 9.11. The Balaban J connectivity index is 2.37. The summed E-state index contributed by atoms with van der Waals surface area (Å²) < 4.78 is 0. The summed E-state index contributed by atoms with van der Waals surface area (Å²) in [6.45, 7) is 2.04. The molecule has 3 aromatic rings. The fourth-order valence-electron chi connectivity index (χ4n) is 1.85. The van der Waals surface area contributed by atoms with Crippen LogP contribution in [0.5, 0.6) is 0 Å². The number of aromatic amines is 1. The minimum atomic E-state index is 0.222. The highest BCUT2D eigenvalue weighted by Crippen LogP contribution is 2.28. The maximum absolute atomic E-state index is 5.91. The lowest BCUT2D eigenvalue weighted by Crippen LogP contribution is -1.91. The van der Waals surface area contributed by atoms with Crippen molar-refractivity contribution in [2.45, 2.75) is 6.92 Å². The second kappa shape index (κ2) is 3.82. The van der Waals surface area contributed by atoms with Crippen molar-refractivity contribution in [1.29, 1.82) is 0 Å². The van der Waals surface area contributed by atoms with E-state index in [0.29, 0.717) is 5.65 Å². The predicted octanol–water partition coefficient (Wildman–Crippen LogP) is 2.98. The van der Waals surface area contributed by atoms with Crippen LogP contribution in [0.25, 0.3) is 22.3 Å². The van der Waals surface area contributed by atoms with Crippen LogP contribution in [-0.2, 0) is 0 Å². The summed E-state index contributed by atoms with van der Waals surface area (Å²) in [5, 5.41) is 7.88. The molecule has 84 valence electrons. The van der Waals surface area contributed by atoms with E-state index in [-0.39, 0.29) is 5.28 Å². The van der Waals surface area contributed by atoms with E-state index in [0.717, 1.165) is 22.2 Å². The van der Waals surface area contributed by atoms with Gasteiger partial charge in [0.2, 0.25) is 5.28 Å². The molecule has 2 heterocycles. The standard InChI is InChI=1S/C12H9ClN4/c1-7-4-2-3-5-8(7)10-9-6-14-17-11(9)16-12(13)15-10/h2-6H,1H3,(H,14,15,16,17). The summed E-state index contributed by atoms with van der Waals surface area (Å²) in [6.07, 6.45) is 1.72. The lowest BCUT2D eigenvalue weighted by molar-refractivity contribution is 1.09. The van der Waals surface area contributed by atoms with E-state index in [1.165, 1.54) is 0 Å². The van der Waals surface area contributed by atoms with Crippen LogP contribution in [-0.4, -0.2) is 20.2 Å². The second-order valence-electron chi connectivity index (χ2n) is 3.79. The van der Waals surface area contributed by atoms with E-state index in [2.05, 4.69) is 20.2 Å². The van der Waals surface area contributed by atoms with Gasteiger partial charge in [-0.3, -0.25) is 5.10 Å². The molecule has 4 nitrogen and oxygen atoms in total. The molecule has 17 heavy (non-hydrogen) atoms. The topological polar surface area (TPSA) is 54.5 Å². The Morgan fingerprint density at radius 1 is 1.18 bits per heavy atom. The van der Waals surface area contributed by atoms with Gasteiger partial charge in [-0.2, -0.15) is 10.1 Å². The average molecular weight is 245 g/mol.